The van der Waals surface area contributed by atoms with Crippen LogP contribution in [0.3, 0.4) is 0 Å². The molecule has 0 fully saturated rings. The van der Waals surface area contributed by atoms with Gasteiger partial charge in [0.2, 0.25) is 0 Å². The van der Waals surface area contributed by atoms with E-state index in [1.165, 1.54) is 5.57 Å². The predicted octanol–water partition coefficient (Wildman–Crippen LogP) is 2.71. The summed E-state index contributed by atoms with van der Waals surface area (Å²) in [5.41, 5.74) is 1.03. The Labute approximate surface area is 92.4 Å². The van der Waals surface area contributed by atoms with Crippen molar-refractivity contribution in [2.45, 2.75) is 53.1 Å². The Morgan fingerprint density at radius 1 is 1.53 bits per heavy atom. The minimum Gasteiger partial charge on any atom is -0.385 e. The van der Waals surface area contributed by atoms with Crippen molar-refractivity contribution < 1.29 is 9.90 Å². The smallest absolute Gasteiger partial charge is 0.165 e. The largest absolute Gasteiger partial charge is 0.385 e. The lowest BCUT2D eigenvalue weighted by Crippen LogP contribution is -2.38. The summed E-state index contributed by atoms with van der Waals surface area (Å²) < 4.78 is 0. The molecule has 0 aromatic carbocycles. The maximum absolute atomic E-state index is 12.0. The van der Waals surface area contributed by atoms with Gasteiger partial charge in [-0.1, -0.05) is 32.4 Å². The summed E-state index contributed by atoms with van der Waals surface area (Å²) in [5.74, 6) is 0.0502. The van der Waals surface area contributed by atoms with Gasteiger partial charge in [0.05, 0.1) is 0 Å². The van der Waals surface area contributed by atoms with Crippen molar-refractivity contribution in [3.8, 4) is 0 Å². The van der Waals surface area contributed by atoms with E-state index in [0.29, 0.717) is 0 Å². The number of hydrogen-bond donors (Lipinski definition) is 1. The highest BCUT2D eigenvalue weighted by molar-refractivity contribution is 5.86. The van der Waals surface area contributed by atoms with E-state index in [9.17, 15) is 9.90 Å². The van der Waals surface area contributed by atoms with Crippen molar-refractivity contribution in [1.29, 1.82) is 0 Å². The zero-order chi connectivity index (χ0) is 11.6. The standard InChI is InChI=1S/C13H22O2/c1-9-5-7-10(8-6-9)11(14)12(15)13(2,3)4/h5,10,12,15H,6-8H2,1-4H3/t10-,12-/m1/s1. The molecule has 2 nitrogen and oxygen atoms in total. The molecule has 0 aromatic rings. The third-order valence-electron chi connectivity index (χ3n) is 3.13. The number of aliphatic hydroxyl groups excluding tert-OH is 1. The van der Waals surface area contributed by atoms with Crippen molar-refractivity contribution in [3.05, 3.63) is 11.6 Å². The number of aliphatic hydroxyl groups is 1. The molecule has 0 amide bonds. The molecule has 1 aliphatic carbocycles. The van der Waals surface area contributed by atoms with Crippen molar-refractivity contribution in [3.63, 3.8) is 0 Å². The van der Waals surface area contributed by atoms with Gasteiger partial charge in [-0.15, -0.1) is 0 Å². The first-order valence-electron chi connectivity index (χ1n) is 5.70. The highest BCUT2D eigenvalue weighted by Crippen LogP contribution is 2.29. The molecule has 0 unspecified atom stereocenters. The Bertz CT molecular complexity index is 271. The first kappa shape index (κ1) is 12.4. The van der Waals surface area contributed by atoms with Crippen LogP contribution in [-0.2, 0) is 4.79 Å². The van der Waals surface area contributed by atoms with Gasteiger partial charge < -0.3 is 5.11 Å². The Hall–Kier alpha value is -0.630. The second kappa shape index (κ2) is 4.48. The topological polar surface area (TPSA) is 37.3 Å². The quantitative estimate of drug-likeness (QED) is 0.711. The number of carbonyl (C=O) groups is 1. The van der Waals surface area contributed by atoms with Gasteiger partial charge in [0.15, 0.2) is 5.78 Å². The number of carbonyl (C=O) groups excluding carboxylic acids is 1. The van der Waals surface area contributed by atoms with E-state index < -0.39 is 6.10 Å². The molecule has 0 spiro atoms. The van der Waals surface area contributed by atoms with Crippen molar-refractivity contribution in [2.24, 2.45) is 11.3 Å². The summed E-state index contributed by atoms with van der Waals surface area (Å²) in [6.45, 7) is 7.80. The van der Waals surface area contributed by atoms with Crippen molar-refractivity contribution >= 4 is 5.78 Å². The molecular weight excluding hydrogens is 188 g/mol. The fraction of sp³-hybridized carbons (Fsp3) is 0.769. The lowest BCUT2D eigenvalue weighted by atomic mass is 9.78. The summed E-state index contributed by atoms with van der Waals surface area (Å²) in [6, 6.07) is 0. The Morgan fingerprint density at radius 2 is 2.13 bits per heavy atom. The number of Topliss-reactive ketones (excluding diaryl/α,β-unsaturated/α-hetero) is 1. The van der Waals surface area contributed by atoms with Crippen LogP contribution in [0.2, 0.25) is 0 Å². The summed E-state index contributed by atoms with van der Waals surface area (Å²) >= 11 is 0. The first-order chi connectivity index (χ1) is 6.82. The van der Waals surface area contributed by atoms with Crippen LogP contribution in [0.25, 0.3) is 0 Å². The molecule has 1 N–H and O–H groups in total. The summed E-state index contributed by atoms with van der Waals surface area (Å²) in [6.07, 6.45) is 4.00. The molecule has 2 heteroatoms. The third-order valence-corrected chi connectivity index (χ3v) is 3.13. The molecule has 2 atom stereocenters. The first-order valence-corrected chi connectivity index (χ1v) is 5.70. The molecule has 0 saturated heterocycles. The van der Waals surface area contributed by atoms with E-state index in [2.05, 4.69) is 13.0 Å². The van der Waals surface area contributed by atoms with Crippen LogP contribution in [0.5, 0.6) is 0 Å². The Kier molecular flexibility index (Phi) is 3.72. The van der Waals surface area contributed by atoms with E-state index in [4.69, 9.17) is 0 Å². The lowest BCUT2D eigenvalue weighted by molar-refractivity contribution is -0.136. The zero-order valence-corrected chi connectivity index (χ0v) is 10.2. The van der Waals surface area contributed by atoms with Gasteiger partial charge in [0, 0.05) is 5.92 Å². The Balaban J connectivity index is 2.63. The lowest BCUT2D eigenvalue weighted by Gasteiger charge is -2.29. The second-order valence-corrected chi connectivity index (χ2v) is 5.69. The maximum atomic E-state index is 12.0. The average Bonchev–Trinajstić information content (AvgIpc) is 2.15. The minimum atomic E-state index is -0.825. The van der Waals surface area contributed by atoms with Crippen LogP contribution in [0.15, 0.2) is 11.6 Å². The van der Waals surface area contributed by atoms with Crippen LogP contribution < -0.4 is 0 Å². The van der Waals surface area contributed by atoms with Crippen LogP contribution in [0, 0.1) is 11.3 Å². The minimum absolute atomic E-state index is 0.0197. The van der Waals surface area contributed by atoms with Gasteiger partial charge in [-0.05, 0) is 31.6 Å². The van der Waals surface area contributed by atoms with Crippen LogP contribution in [0.1, 0.15) is 47.0 Å². The van der Waals surface area contributed by atoms with Crippen molar-refractivity contribution in [2.75, 3.05) is 0 Å². The average molecular weight is 210 g/mol. The highest BCUT2D eigenvalue weighted by Gasteiger charge is 2.33. The molecule has 15 heavy (non-hydrogen) atoms. The Morgan fingerprint density at radius 3 is 2.53 bits per heavy atom. The van der Waals surface area contributed by atoms with Gasteiger partial charge in [0.1, 0.15) is 6.10 Å². The molecule has 0 bridgehead atoms. The summed E-state index contributed by atoms with van der Waals surface area (Å²) in [4.78, 5) is 12.0. The molecule has 1 aliphatic rings. The molecular formula is C13H22O2. The monoisotopic (exact) mass is 210 g/mol. The van der Waals surface area contributed by atoms with Gasteiger partial charge in [-0.25, -0.2) is 0 Å². The maximum Gasteiger partial charge on any atom is 0.165 e. The van der Waals surface area contributed by atoms with E-state index in [0.717, 1.165) is 19.3 Å². The molecule has 0 radical (unpaired) electrons. The van der Waals surface area contributed by atoms with Crippen LogP contribution >= 0.6 is 0 Å². The SMILES string of the molecule is CC1=CC[C@@H](C(=O)[C@@H](O)C(C)(C)C)CC1. The molecule has 0 aromatic heterocycles. The number of ketones is 1. The molecule has 0 saturated carbocycles. The fourth-order valence-electron chi connectivity index (χ4n) is 1.87. The molecule has 0 aliphatic heterocycles. The van der Waals surface area contributed by atoms with E-state index in [1.54, 1.807) is 0 Å². The van der Waals surface area contributed by atoms with Gasteiger partial charge in [-0.2, -0.15) is 0 Å². The molecule has 1 rings (SSSR count). The van der Waals surface area contributed by atoms with Gasteiger partial charge in [-0.3, -0.25) is 4.79 Å². The fourth-order valence-corrected chi connectivity index (χ4v) is 1.87. The van der Waals surface area contributed by atoms with Gasteiger partial charge in [0.25, 0.3) is 0 Å². The predicted molar refractivity (Wildman–Crippen MR) is 61.6 cm³/mol. The number of rotatable bonds is 2. The summed E-state index contributed by atoms with van der Waals surface area (Å²) in [5, 5.41) is 9.90. The van der Waals surface area contributed by atoms with Crippen molar-refractivity contribution in [1.82, 2.24) is 0 Å². The van der Waals surface area contributed by atoms with Gasteiger partial charge >= 0.3 is 0 Å². The van der Waals surface area contributed by atoms with Crippen LogP contribution in [0.4, 0.5) is 0 Å². The summed E-state index contributed by atoms with van der Waals surface area (Å²) in [7, 11) is 0. The van der Waals surface area contributed by atoms with E-state index in [1.807, 2.05) is 20.8 Å². The number of hydrogen-bond acceptors (Lipinski definition) is 2. The van der Waals surface area contributed by atoms with Crippen LogP contribution in [-0.4, -0.2) is 17.0 Å². The highest BCUT2D eigenvalue weighted by atomic mass is 16.3. The molecule has 0 heterocycles. The normalized spacial score (nSPS) is 24.6. The number of allylic oxidation sites excluding steroid dienone is 2. The zero-order valence-electron chi connectivity index (χ0n) is 10.2. The molecule has 86 valence electrons. The van der Waals surface area contributed by atoms with E-state index >= 15 is 0 Å². The van der Waals surface area contributed by atoms with E-state index in [-0.39, 0.29) is 17.1 Å². The second-order valence-electron chi connectivity index (χ2n) is 5.69. The third kappa shape index (κ3) is 3.16.